The van der Waals surface area contributed by atoms with Gasteiger partial charge in [-0.2, -0.15) is 82.3 Å². The van der Waals surface area contributed by atoms with Crippen molar-refractivity contribution in [1.82, 2.24) is 0 Å². The van der Waals surface area contributed by atoms with Gasteiger partial charge in [0.1, 0.15) is 0 Å². The van der Waals surface area contributed by atoms with Crippen LogP contribution in [0.3, 0.4) is 0 Å². The van der Waals surface area contributed by atoms with Crippen molar-refractivity contribution in [2.24, 2.45) is 5.41 Å². The van der Waals surface area contributed by atoms with E-state index in [0.717, 1.165) is 0 Å². The van der Waals surface area contributed by atoms with E-state index >= 15 is 0 Å². The van der Waals surface area contributed by atoms with Gasteiger partial charge >= 0.3 is 0 Å². The van der Waals surface area contributed by atoms with Crippen molar-refractivity contribution in [2.75, 3.05) is 80.5 Å². The van der Waals surface area contributed by atoms with Crippen molar-refractivity contribution in [3.63, 3.8) is 0 Å². The zero-order valence-corrected chi connectivity index (χ0v) is 75.8. The molecule has 1 atom stereocenters. The molecular weight excluding hydrogens is 1330 g/mol. The minimum atomic E-state index is 0.629. The first kappa shape index (κ1) is 106. The van der Waals surface area contributed by atoms with Gasteiger partial charge in [-0.1, -0.05) is 383 Å². The van der Waals surface area contributed by atoms with E-state index in [1.807, 2.05) is 0 Å². The first-order chi connectivity index (χ1) is 49.1. The molecule has 0 nitrogen and oxygen atoms in total. The normalized spacial score (nSPS) is 12.1. The van der Waals surface area contributed by atoms with Gasteiger partial charge in [0.15, 0.2) is 0 Å². The molecule has 0 aliphatic carbocycles. The van der Waals surface area contributed by atoms with Crippen LogP contribution in [0.5, 0.6) is 0 Å². The van der Waals surface area contributed by atoms with Crippen molar-refractivity contribution < 1.29 is 0 Å². The highest BCUT2D eigenvalue weighted by atomic mass is 32.2. The molecule has 0 amide bonds. The van der Waals surface area contributed by atoms with Crippen LogP contribution in [-0.2, 0) is 0 Å². The summed E-state index contributed by atoms with van der Waals surface area (Å²) in [4.78, 5) is 0. The average Bonchev–Trinajstić information content (AvgIpc) is 1.38. The fourth-order valence-corrected chi connectivity index (χ4v) is 20.9. The number of hydrogen-bond donors (Lipinski definition) is 0. The average molecular weight is 1520 g/mol. The summed E-state index contributed by atoms with van der Waals surface area (Å²) in [6, 6.07) is 0. The number of unbranched alkanes of at least 4 members (excludes halogenated alkanes) is 52. The van der Waals surface area contributed by atoms with Gasteiger partial charge in [-0.15, -0.1) is 0 Å². The van der Waals surface area contributed by atoms with E-state index in [9.17, 15) is 0 Å². The highest BCUT2D eigenvalue weighted by molar-refractivity contribution is 8.00. The van der Waals surface area contributed by atoms with Crippen LogP contribution in [0.1, 0.15) is 498 Å². The Kier molecular flexibility index (Phi) is 109. The summed E-state index contributed by atoms with van der Waals surface area (Å²) in [6.07, 6.45) is 100. The molecule has 0 fully saturated rings. The monoisotopic (exact) mass is 1520 g/mol. The molecule has 0 heterocycles. The first-order valence-corrected chi connectivity index (χ1v) is 54.2. The van der Waals surface area contributed by atoms with E-state index < -0.39 is 0 Å². The van der Waals surface area contributed by atoms with Crippen LogP contribution >= 0.6 is 82.3 Å². The molecule has 0 spiro atoms. The highest BCUT2D eigenvalue weighted by Gasteiger charge is 2.28. The van der Waals surface area contributed by atoms with Crippen LogP contribution in [-0.4, -0.2) is 80.5 Å². The molecule has 0 saturated heterocycles. The quantitative estimate of drug-likeness (QED) is 0.0550. The van der Waals surface area contributed by atoms with Gasteiger partial charge in [0.05, 0.1) is 0 Å². The molecule has 0 aliphatic heterocycles. The van der Waals surface area contributed by atoms with Gasteiger partial charge in [-0.05, 0) is 202 Å². The van der Waals surface area contributed by atoms with E-state index in [4.69, 9.17) is 0 Å². The minimum Gasteiger partial charge on any atom is -0.162 e. The Labute approximate surface area is 661 Å². The zero-order chi connectivity index (χ0) is 72.1. The minimum absolute atomic E-state index is 0.629. The molecule has 600 valence electrons. The molecule has 0 bridgehead atoms. The predicted octanol–water partition coefficient (Wildman–Crippen LogP) is 36.2. The maximum Gasteiger partial charge on any atom is -0.00673 e. The molecule has 7 heteroatoms. The van der Waals surface area contributed by atoms with Crippen LogP contribution < -0.4 is 0 Å². The zero-order valence-electron chi connectivity index (χ0n) is 70.0. The lowest BCUT2D eigenvalue weighted by Gasteiger charge is -2.35. The number of thioether (sulfide) groups is 7. The largest absolute Gasteiger partial charge is 0.162 e. The van der Waals surface area contributed by atoms with Crippen molar-refractivity contribution >= 4 is 82.3 Å². The molecule has 0 aromatic heterocycles. The molecule has 0 radical (unpaired) electrons. The summed E-state index contributed by atoms with van der Waals surface area (Å²) in [5.41, 5.74) is 0.629. The fourth-order valence-electron chi connectivity index (χ4n) is 13.8. The Hall–Kier alpha value is 2.45. The Morgan fingerprint density at radius 1 is 0.111 bits per heavy atom. The second-order valence-electron chi connectivity index (χ2n) is 30.9. The summed E-state index contributed by atoms with van der Waals surface area (Å²) in [7, 11) is 0. The third-order valence-electron chi connectivity index (χ3n) is 20.7. The number of hydrogen-bond acceptors (Lipinski definition) is 7. The lowest BCUT2D eigenvalue weighted by atomic mass is 9.71. The third kappa shape index (κ3) is 100. The van der Waals surface area contributed by atoms with Crippen molar-refractivity contribution in [2.45, 2.75) is 498 Å². The predicted molar refractivity (Wildman–Crippen MR) is 488 cm³/mol. The van der Waals surface area contributed by atoms with E-state index in [1.54, 1.807) is 0 Å². The molecule has 0 rings (SSSR count). The van der Waals surface area contributed by atoms with Crippen LogP contribution in [0.15, 0.2) is 0 Å². The Bertz CT molecular complexity index is 1250. The standard InChI is InChI=1S/C43H88S4.C31H64S2.C18H38S/c1-5-9-13-17-25-37-45-40-28-20-22-32-43(33-29-41-46-36-24-16-12-8-4,34-30-42-47-38-26-18-14-10-6-2)31-21-19-27-39-44-35-23-15-11-7-3;1-3-5-7-9-11-13-15-17-20-24-28-32-30-26-22-19-23-27-31-33-29-25-21-18-16-14-12-10-8-6-4-2;1-3-5-7-9-11-12-14-16-18-19-17-15-13-10-8-6-4-2/h5-42H2,1-4H3;3-31H2,1-2H3;3-18H2,1-2H3. The highest BCUT2D eigenvalue weighted by Crippen LogP contribution is 2.42. The van der Waals surface area contributed by atoms with Crippen LogP contribution in [0.2, 0.25) is 0 Å². The van der Waals surface area contributed by atoms with Gasteiger partial charge in [0.2, 0.25) is 0 Å². The van der Waals surface area contributed by atoms with Gasteiger partial charge < -0.3 is 0 Å². The smallest absolute Gasteiger partial charge is 0.00673 e. The summed E-state index contributed by atoms with van der Waals surface area (Å²) >= 11 is 15.6. The van der Waals surface area contributed by atoms with Crippen LogP contribution in [0.25, 0.3) is 0 Å². The molecule has 0 aliphatic rings. The lowest BCUT2D eigenvalue weighted by Crippen LogP contribution is -2.22. The summed E-state index contributed by atoms with van der Waals surface area (Å²) in [6.45, 7) is 18.5. The molecular formula is C92H190S7. The van der Waals surface area contributed by atoms with Crippen molar-refractivity contribution in [1.29, 1.82) is 0 Å². The summed E-state index contributed by atoms with van der Waals surface area (Å²) < 4.78 is 0. The van der Waals surface area contributed by atoms with E-state index in [1.165, 1.54) is 524 Å². The molecule has 0 aromatic carbocycles. The Morgan fingerprint density at radius 2 is 0.212 bits per heavy atom. The van der Waals surface area contributed by atoms with Gasteiger partial charge in [0.25, 0.3) is 0 Å². The molecule has 99 heavy (non-hydrogen) atoms. The van der Waals surface area contributed by atoms with Crippen LogP contribution in [0, 0.1) is 5.41 Å². The molecule has 0 aromatic rings. The molecule has 1 unspecified atom stereocenters. The Morgan fingerprint density at radius 3 is 0.364 bits per heavy atom. The van der Waals surface area contributed by atoms with E-state index in [2.05, 4.69) is 138 Å². The summed E-state index contributed by atoms with van der Waals surface area (Å²) in [5.74, 6) is 19.7. The second-order valence-corrected chi connectivity index (χ2v) is 39.5. The molecule has 0 N–H and O–H groups in total. The van der Waals surface area contributed by atoms with Gasteiger partial charge in [0, 0.05) is 0 Å². The van der Waals surface area contributed by atoms with Gasteiger partial charge in [-0.25, -0.2) is 0 Å². The van der Waals surface area contributed by atoms with Crippen LogP contribution in [0.4, 0.5) is 0 Å². The summed E-state index contributed by atoms with van der Waals surface area (Å²) in [5, 5.41) is 0. The topological polar surface area (TPSA) is 0 Å². The van der Waals surface area contributed by atoms with Gasteiger partial charge in [-0.3, -0.25) is 0 Å². The lowest BCUT2D eigenvalue weighted by molar-refractivity contribution is 0.183. The van der Waals surface area contributed by atoms with E-state index in [0.29, 0.717) is 5.41 Å². The third-order valence-corrected chi connectivity index (χ3v) is 28.8. The SMILES string of the molecule is CCCCCCCCCCCCSCCCCCCCSCCCCCCCCCCCC.CCCCCCCCCCSCCCCCCCC.CCCCCCCSCCCCCC(CCCCCSCCCCCC)(CCCSCCCCCC)CCCSCCCCCCC. The molecule has 0 saturated carbocycles. The maximum absolute atomic E-state index is 2.33. The van der Waals surface area contributed by atoms with Crippen molar-refractivity contribution in [3.8, 4) is 0 Å². The first-order valence-electron chi connectivity index (χ1n) is 46.1. The second kappa shape index (κ2) is 103. The Balaban J connectivity index is -0.00000153. The fraction of sp³-hybridized carbons (Fsp3) is 1.00. The van der Waals surface area contributed by atoms with E-state index in [-0.39, 0.29) is 0 Å². The van der Waals surface area contributed by atoms with Crippen molar-refractivity contribution in [3.05, 3.63) is 0 Å². The maximum atomic E-state index is 2.33. The number of rotatable bonds is 88.